The number of nitrogens with zero attached hydrogens (tertiary/aromatic N) is 1. The average Bonchev–Trinajstić information content (AvgIpc) is 2.56. The van der Waals surface area contributed by atoms with Crippen molar-refractivity contribution >= 4 is 11.9 Å². The van der Waals surface area contributed by atoms with Crippen LogP contribution in [-0.2, 0) is 16.0 Å². The van der Waals surface area contributed by atoms with Crippen LogP contribution < -0.4 is 4.74 Å². The van der Waals surface area contributed by atoms with E-state index in [2.05, 4.69) is 0 Å². The number of amides is 1. The summed E-state index contributed by atoms with van der Waals surface area (Å²) < 4.78 is 5.38. The van der Waals surface area contributed by atoms with Gasteiger partial charge in [0, 0.05) is 7.05 Å². The highest BCUT2D eigenvalue weighted by Crippen LogP contribution is 2.33. The molecule has 1 amide bonds. The first kappa shape index (κ1) is 17.3. The van der Waals surface area contributed by atoms with Gasteiger partial charge in [-0.2, -0.15) is 0 Å². The number of carboxylic acid groups (broad SMARTS) is 1. The number of carbonyl (C=O) groups is 2. The van der Waals surface area contributed by atoms with E-state index in [1.807, 2.05) is 31.2 Å². The molecular weight excluding hydrogens is 294 g/mol. The molecule has 23 heavy (non-hydrogen) atoms. The van der Waals surface area contributed by atoms with E-state index in [1.165, 1.54) is 4.90 Å². The van der Waals surface area contributed by atoms with Crippen LogP contribution in [0.1, 0.15) is 44.6 Å². The molecule has 1 saturated carbocycles. The van der Waals surface area contributed by atoms with E-state index in [0.717, 1.165) is 30.6 Å². The second-order valence-corrected chi connectivity index (χ2v) is 6.10. The van der Waals surface area contributed by atoms with Crippen LogP contribution >= 0.6 is 0 Å². The van der Waals surface area contributed by atoms with Crippen LogP contribution in [-0.4, -0.2) is 41.1 Å². The van der Waals surface area contributed by atoms with Gasteiger partial charge >= 0.3 is 5.97 Å². The molecule has 1 N–H and O–H groups in total. The zero-order valence-corrected chi connectivity index (χ0v) is 13.9. The van der Waals surface area contributed by atoms with Gasteiger partial charge in [0.05, 0.1) is 13.0 Å². The standard InChI is InChI=1S/C18H25NO4/c1-3-23-15-9-7-14(8-10-15)13-16(20)19(2)18(17(21)22)11-5-4-6-12-18/h7-10H,3-6,11-13H2,1-2H3,(H,21,22). The fourth-order valence-electron chi connectivity index (χ4n) is 3.23. The SMILES string of the molecule is CCOc1ccc(CC(=O)N(C)C2(C(=O)O)CCCCC2)cc1. The Kier molecular flexibility index (Phi) is 5.64. The van der Waals surface area contributed by atoms with Crippen molar-refractivity contribution in [2.75, 3.05) is 13.7 Å². The highest BCUT2D eigenvalue weighted by atomic mass is 16.5. The van der Waals surface area contributed by atoms with E-state index in [-0.39, 0.29) is 12.3 Å². The maximum Gasteiger partial charge on any atom is 0.329 e. The fraction of sp³-hybridized carbons (Fsp3) is 0.556. The third-order valence-electron chi connectivity index (χ3n) is 4.68. The molecule has 1 aliphatic carbocycles. The number of rotatable bonds is 6. The van der Waals surface area contributed by atoms with Gasteiger partial charge < -0.3 is 14.7 Å². The zero-order valence-electron chi connectivity index (χ0n) is 13.9. The van der Waals surface area contributed by atoms with Crippen molar-refractivity contribution < 1.29 is 19.4 Å². The summed E-state index contributed by atoms with van der Waals surface area (Å²) in [6, 6.07) is 7.37. The number of hydrogen-bond donors (Lipinski definition) is 1. The Morgan fingerprint density at radius 2 is 1.78 bits per heavy atom. The molecule has 1 aromatic carbocycles. The van der Waals surface area contributed by atoms with Gasteiger partial charge in [-0.3, -0.25) is 4.79 Å². The molecule has 1 fully saturated rings. The molecule has 0 saturated heterocycles. The lowest BCUT2D eigenvalue weighted by Gasteiger charge is -2.41. The molecule has 5 heteroatoms. The summed E-state index contributed by atoms with van der Waals surface area (Å²) in [7, 11) is 1.62. The fourth-order valence-corrected chi connectivity index (χ4v) is 3.23. The Labute approximate surface area is 137 Å². The lowest BCUT2D eigenvalue weighted by atomic mass is 9.80. The van der Waals surface area contributed by atoms with Gasteiger partial charge in [-0.05, 0) is 37.5 Å². The average molecular weight is 319 g/mol. The van der Waals surface area contributed by atoms with Crippen LogP contribution in [0.2, 0.25) is 0 Å². The van der Waals surface area contributed by atoms with Crippen LogP contribution in [0, 0.1) is 0 Å². The van der Waals surface area contributed by atoms with Crippen LogP contribution in [0.3, 0.4) is 0 Å². The van der Waals surface area contributed by atoms with Crippen LogP contribution in [0.4, 0.5) is 0 Å². The predicted molar refractivity (Wildman–Crippen MR) is 87.5 cm³/mol. The monoisotopic (exact) mass is 319 g/mol. The first-order chi connectivity index (χ1) is 11.0. The van der Waals surface area contributed by atoms with Gasteiger partial charge in [-0.15, -0.1) is 0 Å². The second kappa shape index (κ2) is 7.49. The van der Waals surface area contributed by atoms with Gasteiger partial charge in [0.2, 0.25) is 5.91 Å². The van der Waals surface area contributed by atoms with Crippen molar-refractivity contribution in [2.45, 2.75) is 51.0 Å². The topological polar surface area (TPSA) is 66.8 Å². The molecule has 0 heterocycles. The molecule has 2 rings (SSSR count). The molecule has 0 atom stereocenters. The lowest BCUT2D eigenvalue weighted by Crippen LogP contribution is -2.56. The van der Waals surface area contributed by atoms with E-state index in [9.17, 15) is 14.7 Å². The van der Waals surface area contributed by atoms with Gasteiger partial charge in [0.15, 0.2) is 0 Å². The van der Waals surface area contributed by atoms with E-state index in [0.29, 0.717) is 19.4 Å². The smallest absolute Gasteiger partial charge is 0.329 e. The van der Waals surface area contributed by atoms with Gasteiger partial charge in [0.1, 0.15) is 11.3 Å². The Balaban J connectivity index is 2.07. The third kappa shape index (κ3) is 3.84. The Morgan fingerprint density at radius 1 is 1.17 bits per heavy atom. The maximum absolute atomic E-state index is 12.6. The van der Waals surface area contributed by atoms with Crippen LogP contribution in [0.25, 0.3) is 0 Å². The van der Waals surface area contributed by atoms with Gasteiger partial charge in [-0.25, -0.2) is 4.79 Å². The van der Waals surface area contributed by atoms with E-state index in [4.69, 9.17) is 4.74 Å². The number of hydrogen-bond acceptors (Lipinski definition) is 3. The summed E-state index contributed by atoms with van der Waals surface area (Å²) in [4.78, 5) is 25.8. The molecule has 0 unspecified atom stereocenters. The summed E-state index contributed by atoms with van der Waals surface area (Å²) in [6.07, 6.45) is 4.02. The van der Waals surface area contributed by atoms with Crippen molar-refractivity contribution in [1.82, 2.24) is 4.90 Å². The molecule has 1 aromatic rings. The maximum atomic E-state index is 12.6. The molecule has 0 bridgehead atoms. The molecule has 5 nitrogen and oxygen atoms in total. The predicted octanol–water partition coefficient (Wildman–Crippen LogP) is 2.87. The minimum Gasteiger partial charge on any atom is -0.494 e. The molecule has 126 valence electrons. The van der Waals surface area contributed by atoms with Gasteiger partial charge in [0.25, 0.3) is 0 Å². The molecule has 1 aliphatic rings. The van der Waals surface area contributed by atoms with Crippen LogP contribution in [0.15, 0.2) is 24.3 Å². The minimum absolute atomic E-state index is 0.154. The molecule has 0 aliphatic heterocycles. The second-order valence-electron chi connectivity index (χ2n) is 6.10. The first-order valence-electron chi connectivity index (χ1n) is 8.21. The number of aliphatic carboxylic acids is 1. The summed E-state index contributed by atoms with van der Waals surface area (Å²) in [5, 5.41) is 9.66. The highest BCUT2D eigenvalue weighted by molar-refractivity contribution is 5.88. The van der Waals surface area contributed by atoms with Gasteiger partial charge in [-0.1, -0.05) is 31.4 Å². The number of likely N-dealkylation sites (N-methyl/N-ethyl adjacent to an activating group) is 1. The number of carbonyl (C=O) groups excluding carboxylic acids is 1. The Hall–Kier alpha value is -2.04. The van der Waals surface area contributed by atoms with E-state index < -0.39 is 11.5 Å². The molecule has 0 spiro atoms. The van der Waals surface area contributed by atoms with Crippen molar-refractivity contribution in [3.05, 3.63) is 29.8 Å². The van der Waals surface area contributed by atoms with E-state index in [1.54, 1.807) is 7.05 Å². The third-order valence-corrected chi connectivity index (χ3v) is 4.68. The summed E-state index contributed by atoms with van der Waals surface area (Å²) in [6.45, 7) is 2.52. The quantitative estimate of drug-likeness (QED) is 0.875. The van der Waals surface area contributed by atoms with Crippen molar-refractivity contribution in [3.8, 4) is 5.75 Å². The highest BCUT2D eigenvalue weighted by Gasteiger charge is 2.45. The number of carboxylic acids is 1. The molecular formula is C18H25NO4. The number of benzene rings is 1. The lowest BCUT2D eigenvalue weighted by molar-refractivity contribution is -0.160. The minimum atomic E-state index is -1.04. The summed E-state index contributed by atoms with van der Waals surface area (Å²) in [5.41, 5.74) is -0.178. The summed E-state index contributed by atoms with van der Waals surface area (Å²) >= 11 is 0. The summed E-state index contributed by atoms with van der Waals surface area (Å²) in [5.74, 6) is -0.274. The first-order valence-corrected chi connectivity index (χ1v) is 8.21. The normalized spacial score (nSPS) is 16.6. The largest absolute Gasteiger partial charge is 0.494 e. The Morgan fingerprint density at radius 3 is 2.30 bits per heavy atom. The van der Waals surface area contributed by atoms with Crippen molar-refractivity contribution in [1.29, 1.82) is 0 Å². The molecule has 0 radical (unpaired) electrons. The van der Waals surface area contributed by atoms with Crippen molar-refractivity contribution in [3.63, 3.8) is 0 Å². The van der Waals surface area contributed by atoms with Crippen molar-refractivity contribution in [2.24, 2.45) is 0 Å². The number of ether oxygens (including phenoxy) is 1. The zero-order chi connectivity index (χ0) is 16.9. The Bertz CT molecular complexity index is 547. The molecule has 0 aromatic heterocycles. The van der Waals surface area contributed by atoms with Crippen LogP contribution in [0.5, 0.6) is 5.75 Å². The van der Waals surface area contributed by atoms with E-state index >= 15 is 0 Å².